The minimum absolute atomic E-state index is 0.0106. The van der Waals surface area contributed by atoms with Gasteiger partial charge in [0.15, 0.2) is 6.61 Å². The largest absolute Gasteiger partial charge is 0.484 e. The molecule has 1 aliphatic rings. The van der Waals surface area contributed by atoms with Gasteiger partial charge in [-0.25, -0.2) is 8.78 Å². The SMILES string of the molecule is O=C(c1ccc(F)cc1F)C(F)(F)C1=NCC(c2ccc(OCC(F)(F)F)cc2)C=C1. The van der Waals surface area contributed by atoms with Crippen LogP contribution in [0, 0.1) is 11.6 Å². The van der Waals surface area contributed by atoms with E-state index in [4.69, 9.17) is 0 Å². The summed E-state index contributed by atoms with van der Waals surface area (Å²) in [5.74, 6) is -8.87. The van der Waals surface area contributed by atoms with E-state index in [1.165, 1.54) is 30.3 Å². The topological polar surface area (TPSA) is 38.7 Å². The molecule has 2 aromatic carbocycles. The molecule has 3 rings (SSSR count). The third-order valence-corrected chi connectivity index (χ3v) is 4.44. The molecule has 0 radical (unpaired) electrons. The number of halogens is 7. The van der Waals surface area contributed by atoms with E-state index in [-0.39, 0.29) is 12.3 Å². The molecular weight excluding hydrogens is 431 g/mol. The highest BCUT2D eigenvalue weighted by Gasteiger charge is 2.45. The molecule has 1 heterocycles. The Kier molecular flexibility index (Phi) is 6.19. The van der Waals surface area contributed by atoms with Crippen molar-refractivity contribution in [1.82, 2.24) is 0 Å². The highest BCUT2D eigenvalue weighted by molar-refractivity contribution is 6.21. The highest BCUT2D eigenvalue weighted by Crippen LogP contribution is 2.30. The number of ether oxygens (including phenoxy) is 1. The maximum atomic E-state index is 14.5. The quantitative estimate of drug-likeness (QED) is 0.434. The molecule has 0 aliphatic carbocycles. The van der Waals surface area contributed by atoms with Crippen molar-refractivity contribution >= 4 is 11.5 Å². The van der Waals surface area contributed by atoms with Crippen LogP contribution in [0.5, 0.6) is 5.75 Å². The molecule has 0 N–H and O–H groups in total. The third kappa shape index (κ3) is 5.31. The lowest BCUT2D eigenvalue weighted by Gasteiger charge is -2.21. The molecule has 0 saturated heterocycles. The summed E-state index contributed by atoms with van der Waals surface area (Å²) in [6.07, 6.45) is -2.19. The zero-order valence-electron chi connectivity index (χ0n) is 15.6. The van der Waals surface area contributed by atoms with Gasteiger partial charge in [-0.1, -0.05) is 18.2 Å². The Bertz CT molecular complexity index is 1030. The van der Waals surface area contributed by atoms with E-state index in [1.807, 2.05) is 0 Å². The summed E-state index contributed by atoms with van der Waals surface area (Å²) in [5, 5.41) is 0. The number of carbonyl (C=O) groups excluding carboxylic acids is 1. The van der Waals surface area contributed by atoms with Gasteiger partial charge in [-0.3, -0.25) is 9.79 Å². The first-order chi connectivity index (χ1) is 14.5. The standard InChI is InChI=1S/C21H14F7NO2/c22-14-4-7-16(17(23)9-14)19(30)21(27,28)18-8-3-13(10-29-18)12-1-5-15(6-2-12)31-11-20(24,25)26/h1-9,13H,10-11H2. The summed E-state index contributed by atoms with van der Waals surface area (Å²) >= 11 is 0. The number of alkyl halides is 5. The molecule has 1 unspecified atom stereocenters. The maximum Gasteiger partial charge on any atom is 0.422 e. The van der Waals surface area contributed by atoms with Crippen molar-refractivity contribution in [2.75, 3.05) is 13.2 Å². The van der Waals surface area contributed by atoms with E-state index in [0.29, 0.717) is 23.8 Å². The van der Waals surface area contributed by atoms with Crippen LogP contribution in [0.1, 0.15) is 21.8 Å². The molecule has 0 saturated carbocycles. The van der Waals surface area contributed by atoms with E-state index in [1.54, 1.807) is 0 Å². The summed E-state index contributed by atoms with van der Waals surface area (Å²) in [4.78, 5) is 15.8. The van der Waals surface area contributed by atoms with E-state index in [0.717, 1.165) is 6.08 Å². The second-order valence-electron chi connectivity index (χ2n) is 6.69. The van der Waals surface area contributed by atoms with Crippen LogP contribution in [0.4, 0.5) is 30.7 Å². The van der Waals surface area contributed by atoms with Crippen molar-refractivity contribution in [2.45, 2.75) is 18.0 Å². The van der Waals surface area contributed by atoms with Crippen molar-refractivity contribution in [3.63, 3.8) is 0 Å². The molecule has 0 fully saturated rings. The van der Waals surface area contributed by atoms with Crippen LogP contribution in [0.2, 0.25) is 0 Å². The predicted octanol–water partition coefficient (Wildman–Crippen LogP) is 5.52. The van der Waals surface area contributed by atoms with Crippen molar-refractivity contribution in [2.24, 2.45) is 4.99 Å². The van der Waals surface area contributed by atoms with E-state index in [9.17, 15) is 35.5 Å². The molecule has 0 aromatic heterocycles. The molecule has 1 atom stereocenters. The van der Waals surface area contributed by atoms with Gasteiger partial charge in [0, 0.05) is 18.5 Å². The number of carbonyl (C=O) groups is 1. The second-order valence-corrected chi connectivity index (χ2v) is 6.69. The third-order valence-electron chi connectivity index (χ3n) is 4.44. The number of benzene rings is 2. The van der Waals surface area contributed by atoms with Crippen LogP contribution in [0.25, 0.3) is 0 Å². The van der Waals surface area contributed by atoms with Crippen LogP contribution in [-0.2, 0) is 0 Å². The Hall–Kier alpha value is -3.17. The molecule has 0 spiro atoms. The monoisotopic (exact) mass is 445 g/mol. The van der Waals surface area contributed by atoms with Crippen LogP contribution < -0.4 is 4.74 Å². The van der Waals surface area contributed by atoms with E-state index < -0.39 is 53.3 Å². The first-order valence-electron chi connectivity index (χ1n) is 8.87. The summed E-state index contributed by atoms with van der Waals surface area (Å²) in [7, 11) is 0. The van der Waals surface area contributed by atoms with Gasteiger partial charge in [-0.05, 0) is 35.9 Å². The predicted molar refractivity (Wildman–Crippen MR) is 97.8 cm³/mol. The summed E-state index contributed by atoms with van der Waals surface area (Å²) in [6, 6.07) is 7.23. The van der Waals surface area contributed by atoms with Gasteiger partial charge >= 0.3 is 12.1 Å². The average Bonchev–Trinajstić information content (AvgIpc) is 2.72. The number of ketones is 1. The normalized spacial score (nSPS) is 16.7. The smallest absolute Gasteiger partial charge is 0.422 e. The number of allylic oxidation sites excluding steroid dienone is 1. The molecular formula is C21H14F7NO2. The zero-order chi connectivity index (χ0) is 22.8. The molecule has 1 aliphatic heterocycles. The number of hydrogen-bond acceptors (Lipinski definition) is 3. The number of dihydropyridines is 1. The highest BCUT2D eigenvalue weighted by atomic mass is 19.4. The van der Waals surface area contributed by atoms with Gasteiger partial charge in [-0.15, -0.1) is 0 Å². The Morgan fingerprint density at radius 1 is 1.03 bits per heavy atom. The number of nitrogens with zero attached hydrogens (tertiary/aromatic N) is 1. The van der Waals surface area contributed by atoms with E-state index in [2.05, 4.69) is 9.73 Å². The fourth-order valence-corrected chi connectivity index (χ4v) is 2.87. The molecule has 0 bridgehead atoms. The lowest BCUT2D eigenvalue weighted by atomic mass is 9.93. The molecule has 10 heteroatoms. The average molecular weight is 445 g/mol. The molecule has 3 nitrogen and oxygen atoms in total. The van der Waals surface area contributed by atoms with Gasteiger partial charge < -0.3 is 4.74 Å². The van der Waals surface area contributed by atoms with Crippen LogP contribution >= 0.6 is 0 Å². The summed E-state index contributed by atoms with van der Waals surface area (Å²) < 4.78 is 96.9. The van der Waals surface area contributed by atoms with Crippen molar-refractivity contribution < 1.29 is 40.3 Å². The summed E-state index contributed by atoms with van der Waals surface area (Å²) in [5.41, 5.74) is -1.25. The van der Waals surface area contributed by atoms with Gasteiger partial charge in [0.25, 0.3) is 0 Å². The maximum absolute atomic E-state index is 14.5. The van der Waals surface area contributed by atoms with Gasteiger partial charge in [0.2, 0.25) is 5.78 Å². The first-order valence-corrected chi connectivity index (χ1v) is 8.87. The Labute approximate surface area is 171 Å². The van der Waals surface area contributed by atoms with Crippen molar-refractivity contribution in [1.29, 1.82) is 0 Å². The first kappa shape index (κ1) is 22.5. The molecule has 2 aromatic rings. The summed E-state index contributed by atoms with van der Waals surface area (Å²) in [6.45, 7) is -1.61. The minimum atomic E-state index is -4.48. The minimum Gasteiger partial charge on any atom is -0.484 e. The zero-order valence-corrected chi connectivity index (χ0v) is 15.6. The fourth-order valence-electron chi connectivity index (χ4n) is 2.87. The number of aliphatic imine (C=N–C) groups is 1. The molecule has 164 valence electrons. The Morgan fingerprint density at radius 2 is 1.71 bits per heavy atom. The number of Topliss-reactive ketones (excluding diaryl/α,β-unsaturated/α-hetero) is 1. The van der Waals surface area contributed by atoms with E-state index >= 15 is 0 Å². The molecule has 0 amide bonds. The van der Waals surface area contributed by atoms with Crippen molar-refractivity contribution in [3.05, 3.63) is 77.4 Å². The van der Waals surface area contributed by atoms with Crippen LogP contribution in [0.3, 0.4) is 0 Å². The van der Waals surface area contributed by atoms with Gasteiger partial charge in [0.05, 0.1) is 5.56 Å². The number of hydrogen-bond donors (Lipinski definition) is 0. The Balaban J connectivity index is 1.69. The van der Waals surface area contributed by atoms with Gasteiger partial charge in [-0.2, -0.15) is 22.0 Å². The fraction of sp³-hybridized carbons (Fsp3) is 0.238. The van der Waals surface area contributed by atoms with Crippen molar-refractivity contribution in [3.8, 4) is 5.75 Å². The van der Waals surface area contributed by atoms with Crippen LogP contribution in [0.15, 0.2) is 59.6 Å². The second kappa shape index (κ2) is 8.52. The Morgan fingerprint density at radius 3 is 2.26 bits per heavy atom. The van der Waals surface area contributed by atoms with Crippen LogP contribution in [-0.4, -0.2) is 36.7 Å². The van der Waals surface area contributed by atoms with Gasteiger partial charge in [0.1, 0.15) is 23.1 Å². The number of rotatable bonds is 6. The lowest BCUT2D eigenvalue weighted by Crippen LogP contribution is -2.38. The molecule has 31 heavy (non-hydrogen) atoms. The lowest BCUT2D eigenvalue weighted by molar-refractivity contribution is -0.153.